The summed E-state index contributed by atoms with van der Waals surface area (Å²) in [6.07, 6.45) is 3.42. The first-order valence-electron chi connectivity index (χ1n) is 11.3. The molecule has 0 aromatic heterocycles. The maximum atomic E-state index is 13.0. The molecule has 1 aliphatic heterocycles. The molecule has 2 atom stereocenters. The molecule has 2 amide bonds. The topological polar surface area (TPSA) is 122 Å². The second-order valence-electron chi connectivity index (χ2n) is 9.50. The van der Waals surface area contributed by atoms with Gasteiger partial charge in [0, 0.05) is 11.8 Å². The minimum absolute atomic E-state index is 0.00491. The summed E-state index contributed by atoms with van der Waals surface area (Å²) in [5.74, 6) is -0.0712. The molecule has 1 aliphatic carbocycles. The Morgan fingerprint density at radius 1 is 1.24 bits per heavy atom. The van der Waals surface area contributed by atoms with E-state index in [1.165, 1.54) is 17.0 Å². The Morgan fingerprint density at radius 2 is 1.91 bits per heavy atom. The van der Waals surface area contributed by atoms with Crippen LogP contribution in [0.3, 0.4) is 0 Å². The summed E-state index contributed by atoms with van der Waals surface area (Å²) < 4.78 is 24.7. The number of aliphatic imine (C=N–C) groups is 1. The van der Waals surface area contributed by atoms with E-state index < -0.39 is 21.3 Å². The van der Waals surface area contributed by atoms with E-state index in [4.69, 9.17) is 5.73 Å². The highest BCUT2D eigenvalue weighted by molar-refractivity contribution is 7.90. The standard InChI is InChI=1S/C25H30N4O4S/c1-16(18-7-5-4-6-8-18)27-23(31)19-11-17(12-21(13-19)34(3,32)33)15-29-22(30)14-25(2,20-9-10-20)28-24(29)26/h4-8,11-13,16,20H,9-10,14-15H2,1-3H3,(H2,26,28)(H,27,31)/t16-,25-/m0/s1. The summed E-state index contributed by atoms with van der Waals surface area (Å²) in [7, 11) is -3.60. The summed E-state index contributed by atoms with van der Waals surface area (Å²) in [6.45, 7) is 3.84. The van der Waals surface area contributed by atoms with Gasteiger partial charge in [0.15, 0.2) is 15.8 Å². The summed E-state index contributed by atoms with van der Waals surface area (Å²) in [6, 6.07) is 13.6. The third kappa shape index (κ3) is 5.14. The Hall–Kier alpha value is -3.20. The molecule has 0 unspecified atom stereocenters. The van der Waals surface area contributed by atoms with Crippen LogP contribution < -0.4 is 11.1 Å². The van der Waals surface area contributed by atoms with Crippen LogP contribution in [0.15, 0.2) is 58.4 Å². The number of rotatable bonds is 7. The summed E-state index contributed by atoms with van der Waals surface area (Å²) >= 11 is 0. The first-order chi connectivity index (χ1) is 16.0. The van der Waals surface area contributed by atoms with Gasteiger partial charge < -0.3 is 11.1 Å². The second-order valence-corrected chi connectivity index (χ2v) is 11.5. The number of sulfone groups is 1. The van der Waals surface area contributed by atoms with Crippen molar-refractivity contribution in [1.29, 1.82) is 0 Å². The average Bonchev–Trinajstić information content (AvgIpc) is 3.62. The zero-order valence-corrected chi connectivity index (χ0v) is 20.4. The van der Waals surface area contributed by atoms with Gasteiger partial charge in [-0.1, -0.05) is 30.3 Å². The molecule has 1 fully saturated rings. The van der Waals surface area contributed by atoms with Crippen LogP contribution in [0.25, 0.3) is 0 Å². The van der Waals surface area contributed by atoms with Gasteiger partial charge in [0.25, 0.3) is 5.91 Å². The molecule has 1 saturated carbocycles. The minimum atomic E-state index is -3.60. The van der Waals surface area contributed by atoms with Gasteiger partial charge in [0.1, 0.15) is 0 Å². The molecule has 2 aromatic rings. The van der Waals surface area contributed by atoms with E-state index in [0.717, 1.165) is 24.7 Å². The van der Waals surface area contributed by atoms with Gasteiger partial charge in [0.05, 0.1) is 29.4 Å². The number of guanidine groups is 1. The van der Waals surface area contributed by atoms with Crippen LogP contribution in [0.1, 0.15) is 60.6 Å². The molecule has 9 heteroatoms. The Labute approximate surface area is 200 Å². The maximum Gasteiger partial charge on any atom is 0.251 e. The molecule has 4 rings (SSSR count). The van der Waals surface area contributed by atoms with Gasteiger partial charge in [-0.15, -0.1) is 0 Å². The van der Waals surface area contributed by atoms with Crippen molar-refractivity contribution in [2.24, 2.45) is 16.6 Å². The molecule has 1 heterocycles. The third-order valence-electron chi connectivity index (χ3n) is 6.56. The Morgan fingerprint density at radius 3 is 2.50 bits per heavy atom. The van der Waals surface area contributed by atoms with E-state index in [0.29, 0.717) is 11.5 Å². The Kier molecular flexibility index (Phi) is 6.24. The lowest BCUT2D eigenvalue weighted by atomic mass is 9.90. The molecule has 0 radical (unpaired) electrons. The van der Waals surface area contributed by atoms with Crippen molar-refractivity contribution in [3.8, 4) is 0 Å². The van der Waals surface area contributed by atoms with Crippen molar-refractivity contribution in [3.05, 3.63) is 65.2 Å². The largest absolute Gasteiger partial charge is 0.369 e. The number of nitrogens with zero attached hydrogens (tertiary/aromatic N) is 2. The van der Waals surface area contributed by atoms with Gasteiger partial charge in [0.2, 0.25) is 5.91 Å². The molecule has 3 N–H and O–H groups in total. The predicted octanol–water partition coefficient (Wildman–Crippen LogP) is 2.80. The van der Waals surface area contributed by atoms with Crippen LogP contribution in [0.2, 0.25) is 0 Å². The average molecular weight is 483 g/mol. The van der Waals surface area contributed by atoms with Crippen LogP contribution in [0.5, 0.6) is 0 Å². The van der Waals surface area contributed by atoms with E-state index in [2.05, 4.69) is 10.3 Å². The normalized spacial score (nSPS) is 21.7. The van der Waals surface area contributed by atoms with Crippen molar-refractivity contribution in [2.45, 2.75) is 56.1 Å². The van der Waals surface area contributed by atoms with Crippen LogP contribution in [-0.2, 0) is 21.2 Å². The quantitative estimate of drug-likeness (QED) is 0.628. The minimum Gasteiger partial charge on any atom is -0.369 e. The number of hydrogen-bond acceptors (Lipinski definition) is 6. The molecular formula is C25H30N4O4S. The number of nitrogens with one attached hydrogen (secondary N) is 1. The van der Waals surface area contributed by atoms with E-state index in [9.17, 15) is 18.0 Å². The van der Waals surface area contributed by atoms with E-state index in [1.54, 1.807) is 6.07 Å². The molecule has 0 spiro atoms. The number of nitrogens with two attached hydrogens (primary N) is 1. The Balaban J connectivity index is 1.61. The first-order valence-corrected chi connectivity index (χ1v) is 13.2. The highest BCUT2D eigenvalue weighted by atomic mass is 32.2. The summed E-state index contributed by atoms with van der Waals surface area (Å²) in [4.78, 5) is 31.9. The number of carbonyl (C=O) groups excluding carboxylic acids is 2. The van der Waals surface area contributed by atoms with Crippen LogP contribution in [0, 0.1) is 5.92 Å². The van der Waals surface area contributed by atoms with Gasteiger partial charge in [-0.3, -0.25) is 14.5 Å². The Bertz CT molecular complexity index is 1250. The van der Waals surface area contributed by atoms with Crippen molar-refractivity contribution in [3.63, 3.8) is 0 Å². The molecule has 180 valence electrons. The van der Waals surface area contributed by atoms with Gasteiger partial charge in [-0.05, 0) is 61.9 Å². The molecule has 2 aliphatic rings. The molecule has 34 heavy (non-hydrogen) atoms. The zero-order chi connectivity index (χ0) is 24.7. The van der Waals surface area contributed by atoms with E-state index in [-0.39, 0.29) is 41.3 Å². The highest BCUT2D eigenvalue weighted by Gasteiger charge is 2.46. The van der Waals surface area contributed by atoms with Crippen molar-refractivity contribution in [2.75, 3.05) is 6.26 Å². The summed E-state index contributed by atoms with van der Waals surface area (Å²) in [5, 5.41) is 2.91. The van der Waals surface area contributed by atoms with Crippen molar-refractivity contribution < 1.29 is 18.0 Å². The van der Waals surface area contributed by atoms with Gasteiger partial charge >= 0.3 is 0 Å². The first kappa shape index (κ1) is 23.9. The maximum absolute atomic E-state index is 13.0. The number of carbonyl (C=O) groups is 2. The van der Waals surface area contributed by atoms with Crippen LogP contribution in [-0.4, -0.2) is 42.9 Å². The molecule has 0 bridgehead atoms. The van der Waals surface area contributed by atoms with Crippen LogP contribution in [0.4, 0.5) is 0 Å². The fourth-order valence-corrected chi connectivity index (χ4v) is 5.09. The SMILES string of the molecule is C[C@H](NC(=O)c1cc(CN2C(=O)C[C@@](C)(C3CC3)N=C2N)cc(S(C)(=O)=O)c1)c1ccccc1. The van der Waals surface area contributed by atoms with Crippen LogP contribution >= 0.6 is 0 Å². The summed E-state index contributed by atoms with van der Waals surface area (Å²) in [5.41, 5.74) is 7.30. The fraction of sp³-hybridized carbons (Fsp3) is 0.400. The monoisotopic (exact) mass is 482 g/mol. The molecule has 8 nitrogen and oxygen atoms in total. The van der Waals surface area contributed by atoms with Gasteiger partial charge in [-0.25, -0.2) is 13.4 Å². The number of amides is 2. The van der Waals surface area contributed by atoms with E-state index >= 15 is 0 Å². The smallest absolute Gasteiger partial charge is 0.251 e. The third-order valence-corrected chi connectivity index (χ3v) is 7.65. The van der Waals surface area contributed by atoms with Gasteiger partial charge in [-0.2, -0.15) is 0 Å². The molecular weight excluding hydrogens is 452 g/mol. The fourth-order valence-electron chi connectivity index (χ4n) is 4.39. The second kappa shape index (κ2) is 8.87. The highest BCUT2D eigenvalue weighted by Crippen LogP contribution is 2.45. The van der Waals surface area contributed by atoms with Crippen molar-refractivity contribution in [1.82, 2.24) is 10.2 Å². The van der Waals surface area contributed by atoms with E-state index in [1.807, 2.05) is 44.2 Å². The number of benzene rings is 2. The lowest BCUT2D eigenvalue weighted by Crippen LogP contribution is -2.50. The van der Waals surface area contributed by atoms with Crippen molar-refractivity contribution >= 4 is 27.6 Å². The number of hydrogen-bond donors (Lipinski definition) is 2. The lowest BCUT2D eigenvalue weighted by Gasteiger charge is -2.35. The predicted molar refractivity (Wildman–Crippen MR) is 130 cm³/mol. The lowest BCUT2D eigenvalue weighted by molar-refractivity contribution is -0.130. The molecule has 0 saturated heterocycles. The molecule has 2 aromatic carbocycles. The zero-order valence-electron chi connectivity index (χ0n) is 19.6.